The highest BCUT2D eigenvalue weighted by atomic mass is 32.1. The lowest BCUT2D eigenvalue weighted by molar-refractivity contribution is -0.114. The Bertz CT molecular complexity index is 848. The molecule has 0 aliphatic heterocycles. The largest absolute Gasteiger partial charge is 0.462 e. The van der Waals surface area contributed by atoms with Crippen LogP contribution in [-0.2, 0) is 16.0 Å². The summed E-state index contributed by atoms with van der Waals surface area (Å²) in [6, 6.07) is 5.35. The Balaban J connectivity index is 2.31. The summed E-state index contributed by atoms with van der Waals surface area (Å²) in [5.41, 5.74) is 0.299. The molecule has 0 fully saturated rings. The molecule has 0 spiro atoms. The van der Waals surface area contributed by atoms with Crippen LogP contribution in [0.4, 0.5) is 15.1 Å². The molecule has 0 saturated heterocycles. The van der Waals surface area contributed by atoms with Gasteiger partial charge in [-0.15, -0.1) is 11.3 Å². The van der Waals surface area contributed by atoms with Crippen LogP contribution >= 0.6 is 11.3 Å². The first-order chi connectivity index (χ1) is 12.3. The van der Waals surface area contributed by atoms with Crippen molar-refractivity contribution in [2.24, 2.45) is 0 Å². The smallest absolute Gasteiger partial charge is 0.341 e. The zero-order chi connectivity index (χ0) is 19.3. The van der Waals surface area contributed by atoms with E-state index in [1.807, 2.05) is 6.92 Å². The Kier molecular flexibility index (Phi) is 6.46. The van der Waals surface area contributed by atoms with Crippen LogP contribution in [0.3, 0.4) is 0 Å². The van der Waals surface area contributed by atoms with E-state index < -0.39 is 17.7 Å². The van der Waals surface area contributed by atoms with E-state index in [1.54, 1.807) is 13.0 Å². The van der Waals surface area contributed by atoms with Crippen LogP contribution in [0.2, 0.25) is 0 Å². The van der Waals surface area contributed by atoms with Crippen LogP contribution in [0.5, 0.6) is 0 Å². The van der Waals surface area contributed by atoms with Crippen LogP contribution in [0.15, 0.2) is 24.3 Å². The van der Waals surface area contributed by atoms with E-state index in [-0.39, 0.29) is 23.6 Å². The van der Waals surface area contributed by atoms with E-state index in [2.05, 4.69) is 10.6 Å². The molecule has 0 saturated carbocycles. The molecule has 0 atom stereocenters. The number of anilines is 2. The maximum absolute atomic E-state index is 14.0. The summed E-state index contributed by atoms with van der Waals surface area (Å²) in [4.78, 5) is 36.6. The summed E-state index contributed by atoms with van der Waals surface area (Å²) in [7, 11) is 0. The van der Waals surface area contributed by atoms with Gasteiger partial charge in [-0.05, 0) is 37.6 Å². The molecular weight excluding hydrogens is 359 g/mol. The third-order valence-corrected chi connectivity index (χ3v) is 4.58. The Labute approximate surface area is 154 Å². The number of esters is 1. The highest BCUT2D eigenvalue weighted by Crippen LogP contribution is 2.30. The molecule has 1 aromatic carbocycles. The van der Waals surface area contributed by atoms with E-state index >= 15 is 0 Å². The number of hydrogen-bond acceptors (Lipinski definition) is 5. The molecule has 0 bridgehead atoms. The summed E-state index contributed by atoms with van der Waals surface area (Å²) >= 11 is 1.23. The predicted octanol–water partition coefficient (Wildman–Crippen LogP) is 3.84. The Morgan fingerprint density at radius 1 is 1.12 bits per heavy atom. The molecular formula is C18H19FN2O4S. The molecule has 1 heterocycles. The number of nitrogens with one attached hydrogen (secondary N) is 2. The zero-order valence-corrected chi connectivity index (χ0v) is 15.5. The fourth-order valence-corrected chi connectivity index (χ4v) is 3.20. The quantitative estimate of drug-likeness (QED) is 0.748. The Hall–Kier alpha value is -2.74. The van der Waals surface area contributed by atoms with Gasteiger partial charge in [-0.1, -0.05) is 6.92 Å². The molecule has 0 unspecified atom stereocenters. The van der Waals surface area contributed by atoms with Crippen molar-refractivity contribution in [2.45, 2.75) is 27.2 Å². The second kappa shape index (κ2) is 8.57. The van der Waals surface area contributed by atoms with E-state index in [9.17, 15) is 18.8 Å². The number of rotatable bonds is 6. The van der Waals surface area contributed by atoms with Gasteiger partial charge in [0.25, 0.3) is 5.91 Å². The molecule has 6 nitrogen and oxygen atoms in total. The van der Waals surface area contributed by atoms with Gasteiger partial charge in [0, 0.05) is 17.5 Å². The molecule has 0 radical (unpaired) electrons. The SMILES string of the molecule is CCOC(=O)c1cc(CC)sc1NC(=O)c1cc(NC(C)=O)ccc1F. The maximum atomic E-state index is 14.0. The number of benzene rings is 1. The predicted molar refractivity (Wildman–Crippen MR) is 98.3 cm³/mol. The number of thiophene rings is 1. The zero-order valence-electron chi connectivity index (χ0n) is 14.6. The van der Waals surface area contributed by atoms with Crippen molar-refractivity contribution in [3.63, 3.8) is 0 Å². The number of amides is 2. The number of carbonyl (C=O) groups is 3. The van der Waals surface area contributed by atoms with Gasteiger partial charge in [0.2, 0.25) is 5.91 Å². The number of carbonyl (C=O) groups excluding carboxylic acids is 3. The van der Waals surface area contributed by atoms with Gasteiger partial charge in [0.15, 0.2) is 0 Å². The molecule has 2 N–H and O–H groups in total. The van der Waals surface area contributed by atoms with Crippen molar-refractivity contribution in [2.75, 3.05) is 17.2 Å². The van der Waals surface area contributed by atoms with Crippen molar-refractivity contribution in [1.29, 1.82) is 0 Å². The number of aryl methyl sites for hydroxylation is 1. The molecule has 138 valence electrons. The third kappa shape index (κ3) is 4.66. The van der Waals surface area contributed by atoms with Crippen molar-refractivity contribution < 1.29 is 23.5 Å². The summed E-state index contributed by atoms with van der Waals surface area (Å²) in [5, 5.41) is 5.36. The fourth-order valence-electron chi connectivity index (χ4n) is 2.22. The van der Waals surface area contributed by atoms with Crippen LogP contribution in [-0.4, -0.2) is 24.4 Å². The van der Waals surface area contributed by atoms with Gasteiger partial charge < -0.3 is 15.4 Å². The lowest BCUT2D eigenvalue weighted by atomic mass is 10.1. The minimum atomic E-state index is -0.735. The normalized spacial score (nSPS) is 10.3. The third-order valence-electron chi connectivity index (χ3n) is 3.39. The van der Waals surface area contributed by atoms with Gasteiger partial charge in [0.1, 0.15) is 10.8 Å². The topological polar surface area (TPSA) is 84.5 Å². The molecule has 2 aromatic rings. The summed E-state index contributed by atoms with van der Waals surface area (Å²) in [6.45, 7) is 5.12. The molecule has 0 aliphatic carbocycles. The second-order valence-electron chi connectivity index (χ2n) is 5.36. The molecule has 2 rings (SSSR count). The Morgan fingerprint density at radius 3 is 2.46 bits per heavy atom. The molecule has 0 aliphatic rings. The molecule has 26 heavy (non-hydrogen) atoms. The molecule has 8 heteroatoms. The van der Waals surface area contributed by atoms with Crippen LogP contribution < -0.4 is 10.6 Å². The average molecular weight is 378 g/mol. The van der Waals surface area contributed by atoms with Crippen LogP contribution in [0.1, 0.15) is 46.4 Å². The minimum Gasteiger partial charge on any atom is -0.462 e. The molecule has 1 aromatic heterocycles. The summed E-state index contributed by atoms with van der Waals surface area (Å²) in [6.07, 6.45) is 0.680. The van der Waals surface area contributed by atoms with Crippen molar-refractivity contribution in [3.8, 4) is 0 Å². The Morgan fingerprint density at radius 2 is 1.85 bits per heavy atom. The van der Waals surface area contributed by atoms with Crippen LogP contribution in [0, 0.1) is 5.82 Å². The standard InChI is InChI=1S/C18H19FN2O4S/c1-4-12-9-14(18(24)25-5-2)17(26-12)21-16(23)13-8-11(20-10(3)22)6-7-15(13)19/h6-9H,4-5H2,1-3H3,(H,20,22)(H,21,23). The van der Waals surface area contributed by atoms with Crippen LogP contribution in [0.25, 0.3) is 0 Å². The highest BCUT2D eigenvalue weighted by Gasteiger charge is 2.21. The van der Waals surface area contributed by atoms with Crippen molar-refractivity contribution >= 4 is 39.8 Å². The maximum Gasteiger partial charge on any atom is 0.341 e. The first-order valence-corrected chi connectivity index (χ1v) is 8.85. The van der Waals surface area contributed by atoms with E-state index in [0.29, 0.717) is 17.1 Å². The average Bonchev–Trinajstić information content (AvgIpc) is 2.99. The van der Waals surface area contributed by atoms with E-state index in [4.69, 9.17) is 4.74 Å². The summed E-state index contributed by atoms with van der Waals surface area (Å²) < 4.78 is 19.0. The second-order valence-corrected chi connectivity index (χ2v) is 6.50. The van der Waals surface area contributed by atoms with Crippen molar-refractivity contribution in [3.05, 3.63) is 46.1 Å². The van der Waals surface area contributed by atoms with E-state index in [0.717, 1.165) is 10.9 Å². The number of ether oxygens (including phenoxy) is 1. The van der Waals surface area contributed by atoms with E-state index in [1.165, 1.54) is 30.4 Å². The number of halogens is 1. The number of hydrogen-bond donors (Lipinski definition) is 2. The van der Waals surface area contributed by atoms with Gasteiger partial charge in [-0.25, -0.2) is 9.18 Å². The van der Waals surface area contributed by atoms with Gasteiger partial charge >= 0.3 is 5.97 Å². The first-order valence-electron chi connectivity index (χ1n) is 8.04. The van der Waals surface area contributed by atoms with Crippen molar-refractivity contribution in [1.82, 2.24) is 0 Å². The molecule has 2 amide bonds. The lowest BCUT2D eigenvalue weighted by Crippen LogP contribution is -2.16. The first kappa shape index (κ1) is 19.6. The van der Waals surface area contributed by atoms with Gasteiger partial charge in [0.05, 0.1) is 17.7 Å². The van der Waals surface area contributed by atoms with Gasteiger partial charge in [-0.2, -0.15) is 0 Å². The monoisotopic (exact) mass is 378 g/mol. The van der Waals surface area contributed by atoms with Gasteiger partial charge in [-0.3, -0.25) is 9.59 Å². The minimum absolute atomic E-state index is 0.205. The lowest BCUT2D eigenvalue weighted by Gasteiger charge is -2.09. The highest BCUT2D eigenvalue weighted by molar-refractivity contribution is 7.16. The summed E-state index contributed by atoms with van der Waals surface area (Å²) in [5.74, 6) is -2.34. The fraction of sp³-hybridized carbons (Fsp3) is 0.278.